The quantitative estimate of drug-likeness (QED) is 0.247. The van der Waals surface area contributed by atoms with Gasteiger partial charge in [0.15, 0.2) is 0 Å². The van der Waals surface area contributed by atoms with E-state index in [1.807, 2.05) is 18.2 Å². The Kier molecular flexibility index (Phi) is 5.52. The van der Waals surface area contributed by atoms with Crippen LogP contribution >= 0.6 is 0 Å². The first-order chi connectivity index (χ1) is 22.9. The molecule has 6 aliphatic heterocycles. The molecule has 0 amide bonds. The molecule has 0 unspecified atom stereocenters. The zero-order valence-electron chi connectivity index (χ0n) is 26.4. The number of hydrogen-bond donors (Lipinski definition) is 2. The van der Waals surface area contributed by atoms with E-state index in [9.17, 15) is 15.0 Å². The Morgan fingerprint density at radius 3 is 2.85 bits per heavy atom. The van der Waals surface area contributed by atoms with E-state index in [4.69, 9.17) is 9.72 Å². The average Bonchev–Trinajstić information content (AvgIpc) is 3.76. The summed E-state index contributed by atoms with van der Waals surface area (Å²) >= 11 is 0. The molecule has 1 spiro atoms. The number of aryl methyl sites for hydroxylation is 1. The fourth-order valence-corrected chi connectivity index (χ4v) is 10.6. The van der Waals surface area contributed by atoms with Gasteiger partial charge in [-0.15, -0.1) is 0 Å². The fraction of sp³-hybridized carbons (Fsp3) is 0.333. The number of ether oxygens (including phenoxy) is 1. The van der Waals surface area contributed by atoms with E-state index < -0.39 is 12.1 Å². The summed E-state index contributed by atoms with van der Waals surface area (Å²) in [6.45, 7) is 3.76. The van der Waals surface area contributed by atoms with Crippen LogP contribution in [0.2, 0.25) is 0 Å². The number of para-hydroxylation sites is 1. The smallest absolute Gasteiger partial charge is 0.328 e. The molecule has 1 saturated carbocycles. The minimum Gasteiger partial charge on any atom is -0.496 e. The molecule has 7 heterocycles. The lowest BCUT2D eigenvalue weighted by molar-refractivity contribution is -0.131. The van der Waals surface area contributed by atoms with E-state index in [1.54, 1.807) is 7.11 Å². The highest BCUT2D eigenvalue weighted by atomic mass is 16.5. The van der Waals surface area contributed by atoms with Crippen LogP contribution in [-0.4, -0.2) is 68.9 Å². The zero-order chi connectivity index (χ0) is 31.8. The summed E-state index contributed by atoms with van der Waals surface area (Å²) in [6, 6.07) is 19.5. The Hall–Kier alpha value is -4.66. The normalized spacial score (nSPS) is 29.9. The second kappa shape index (κ2) is 9.46. The maximum Gasteiger partial charge on any atom is 0.328 e. The lowest BCUT2D eigenvalue weighted by Crippen LogP contribution is -2.67. The summed E-state index contributed by atoms with van der Waals surface area (Å²) in [6.07, 6.45) is 9.86. The maximum absolute atomic E-state index is 12.7. The number of aliphatic hydroxyl groups excluding tert-OH is 1. The Morgan fingerprint density at radius 1 is 1.15 bits per heavy atom. The van der Waals surface area contributed by atoms with Crippen LogP contribution in [-0.2, 0) is 16.6 Å². The SMILES string of the molecule is CCc1cn2ccc3c4c(OC)cccc4nc-3c2cc1C1=CN2c3ccccc3[C@]34CCN5C/C(=C/C(=O)O)[C@H](C[C@H]53)[C@@H]([C@@H]1O)[C@H]24. The predicted octanol–water partition coefficient (Wildman–Crippen LogP) is 5.74. The van der Waals surface area contributed by atoms with Gasteiger partial charge in [0.25, 0.3) is 0 Å². The van der Waals surface area contributed by atoms with E-state index in [1.165, 1.54) is 17.3 Å². The van der Waals surface area contributed by atoms with Crippen LogP contribution < -0.4 is 9.64 Å². The number of carbonyl (C=O) groups is 1. The first-order valence-electron chi connectivity index (χ1n) is 16.8. The van der Waals surface area contributed by atoms with Crippen molar-refractivity contribution in [2.75, 3.05) is 25.1 Å². The average molecular weight is 625 g/mol. The van der Waals surface area contributed by atoms with Crippen molar-refractivity contribution in [1.29, 1.82) is 0 Å². The van der Waals surface area contributed by atoms with E-state index in [0.717, 1.165) is 81.5 Å². The molecule has 3 aromatic rings. The zero-order valence-corrected chi connectivity index (χ0v) is 26.4. The highest BCUT2D eigenvalue weighted by Gasteiger charge is 2.69. The van der Waals surface area contributed by atoms with Gasteiger partial charge < -0.3 is 24.3 Å². The van der Waals surface area contributed by atoms with Crippen molar-refractivity contribution in [3.8, 4) is 17.0 Å². The van der Waals surface area contributed by atoms with Crippen molar-refractivity contribution in [2.45, 2.75) is 49.8 Å². The number of carboxylic acids is 1. The first kappa shape index (κ1) is 27.5. The van der Waals surface area contributed by atoms with Gasteiger partial charge in [-0.1, -0.05) is 31.2 Å². The highest BCUT2D eigenvalue weighted by Crippen LogP contribution is 2.65. The van der Waals surface area contributed by atoms with Crippen molar-refractivity contribution in [2.24, 2.45) is 11.8 Å². The van der Waals surface area contributed by atoms with Gasteiger partial charge in [0, 0.05) is 65.4 Å². The molecule has 0 radical (unpaired) electrons. The fourth-order valence-electron chi connectivity index (χ4n) is 10.6. The minimum absolute atomic E-state index is 0.0137. The molecule has 7 aliphatic rings. The lowest BCUT2D eigenvalue weighted by atomic mass is 9.53. The Labute approximate surface area is 272 Å². The molecule has 10 rings (SSSR count). The van der Waals surface area contributed by atoms with Gasteiger partial charge in [-0.2, -0.15) is 0 Å². The van der Waals surface area contributed by atoms with Crippen molar-refractivity contribution < 1.29 is 19.7 Å². The van der Waals surface area contributed by atoms with Crippen molar-refractivity contribution in [3.63, 3.8) is 0 Å². The third-order valence-corrected chi connectivity index (χ3v) is 12.3. The molecule has 47 heavy (non-hydrogen) atoms. The summed E-state index contributed by atoms with van der Waals surface area (Å²) in [5, 5.41) is 23.6. The second-order valence-corrected chi connectivity index (χ2v) is 14.1. The number of nitrogens with zero attached hydrogens (tertiary/aromatic N) is 4. The van der Waals surface area contributed by atoms with Gasteiger partial charge in [0.05, 0.1) is 41.4 Å². The third kappa shape index (κ3) is 3.39. The molecule has 236 valence electrons. The molecule has 1 aromatic heterocycles. The Bertz CT molecular complexity index is 2200. The van der Waals surface area contributed by atoms with Gasteiger partial charge >= 0.3 is 5.97 Å². The molecule has 8 nitrogen and oxygen atoms in total. The molecule has 2 aromatic carbocycles. The van der Waals surface area contributed by atoms with Crippen LogP contribution in [0.25, 0.3) is 33.3 Å². The number of methoxy groups -OCH3 is 1. The Morgan fingerprint density at radius 2 is 2.02 bits per heavy atom. The van der Waals surface area contributed by atoms with Crippen LogP contribution in [0.4, 0.5) is 5.69 Å². The molecule has 6 atom stereocenters. The topological polar surface area (TPSA) is 90.5 Å². The summed E-state index contributed by atoms with van der Waals surface area (Å²) < 4.78 is 7.88. The standard InChI is InChI=1S/C39H36N4O4/c1-3-21-18-41-13-11-23-34-28(8-6-10-31(34)47-2)40-36(23)30(41)16-24(21)26-20-43-29-9-5-4-7-27(29)39-12-14-42-19-22(15-33(44)45)25(17-32(39)42)35(37(26)46)38(39)43/h4-11,13,15-16,18,20,25,32,35,37-38,46H,3,12,14,17,19H2,1-2H3,(H,44,45)/b22-15-/t25-,32-,35-,37+,38-,39+/m0/s1. The van der Waals surface area contributed by atoms with Crippen molar-refractivity contribution >= 4 is 33.6 Å². The number of pyridine rings is 2. The Balaban J connectivity index is 1.21. The second-order valence-electron chi connectivity index (χ2n) is 14.1. The number of carboxylic acid groups (broad SMARTS) is 1. The molecule has 2 N–H and O–H groups in total. The molecular weight excluding hydrogens is 588 g/mol. The molecule has 2 saturated heterocycles. The number of benzene rings is 2. The lowest BCUT2D eigenvalue weighted by Gasteiger charge is -2.59. The van der Waals surface area contributed by atoms with Crippen LogP contribution in [0.3, 0.4) is 0 Å². The van der Waals surface area contributed by atoms with Gasteiger partial charge in [0.2, 0.25) is 0 Å². The predicted molar refractivity (Wildman–Crippen MR) is 181 cm³/mol. The number of piperidine rings is 1. The third-order valence-electron chi connectivity index (χ3n) is 12.3. The van der Waals surface area contributed by atoms with Gasteiger partial charge in [-0.25, -0.2) is 9.78 Å². The van der Waals surface area contributed by atoms with Gasteiger partial charge in [-0.3, -0.25) is 4.90 Å². The molecule has 1 aliphatic carbocycles. The van der Waals surface area contributed by atoms with Crippen LogP contribution in [0.1, 0.15) is 36.5 Å². The largest absolute Gasteiger partial charge is 0.496 e. The minimum atomic E-state index is -0.905. The number of aliphatic hydroxyl groups is 1. The summed E-state index contributed by atoms with van der Waals surface area (Å²) in [4.78, 5) is 22.2. The van der Waals surface area contributed by atoms with Gasteiger partial charge in [-0.05, 0) is 84.3 Å². The van der Waals surface area contributed by atoms with E-state index in [2.05, 4.69) is 76.1 Å². The number of fused-ring (bicyclic) bond motifs is 9. The number of aromatic nitrogens is 2. The van der Waals surface area contributed by atoms with E-state index >= 15 is 0 Å². The number of anilines is 1. The number of rotatable bonds is 4. The maximum atomic E-state index is 12.7. The van der Waals surface area contributed by atoms with Crippen molar-refractivity contribution in [3.05, 3.63) is 102 Å². The summed E-state index contributed by atoms with van der Waals surface area (Å²) in [5.74, 6) is -0.258. The monoisotopic (exact) mass is 624 g/mol. The highest BCUT2D eigenvalue weighted by molar-refractivity contribution is 6.05. The summed E-state index contributed by atoms with van der Waals surface area (Å²) in [5.41, 5.74) is 10.3. The van der Waals surface area contributed by atoms with Crippen LogP contribution in [0, 0.1) is 11.8 Å². The molecule has 3 fully saturated rings. The first-order valence-corrected chi connectivity index (χ1v) is 16.8. The van der Waals surface area contributed by atoms with E-state index in [-0.39, 0.29) is 23.3 Å². The van der Waals surface area contributed by atoms with Crippen molar-refractivity contribution in [1.82, 2.24) is 14.3 Å². The summed E-state index contributed by atoms with van der Waals surface area (Å²) in [7, 11) is 1.69. The molecule has 8 heteroatoms. The molecular formula is C39H36N4O4. The van der Waals surface area contributed by atoms with Gasteiger partial charge in [0.1, 0.15) is 5.75 Å². The van der Waals surface area contributed by atoms with E-state index in [0.29, 0.717) is 12.6 Å². The number of aliphatic carboxylic acids is 1. The van der Waals surface area contributed by atoms with Crippen LogP contribution in [0.5, 0.6) is 5.75 Å². The van der Waals surface area contributed by atoms with Crippen LogP contribution in [0.15, 0.2) is 84.8 Å². The number of hydrogen-bond acceptors (Lipinski definition) is 6. The molecule has 2 bridgehead atoms.